The van der Waals surface area contributed by atoms with E-state index in [1.54, 1.807) is 24.3 Å². The van der Waals surface area contributed by atoms with Gasteiger partial charge in [0, 0.05) is 12.1 Å². The molecule has 1 fully saturated rings. The molecule has 2 rings (SSSR count). The fourth-order valence-electron chi connectivity index (χ4n) is 2.52. The average Bonchev–Trinajstić information content (AvgIpc) is 2.53. The Hall–Kier alpha value is -1.79. The first-order chi connectivity index (χ1) is 10.6. The van der Waals surface area contributed by atoms with E-state index in [-0.39, 0.29) is 24.9 Å². The van der Waals surface area contributed by atoms with E-state index in [0.717, 1.165) is 38.0 Å². The monoisotopic (exact) mass is 341 g/mol. The third-order valence-corrected chi connectivity index (χ3v) is 3.76. The summed E-state index contributed by atoms with van der Waals surface area (Å²) in [6.07, 6.45) is 3.79. The number of nitrogens with one attached hydrogen (secondary N) is 2. The Bertz CT molecular complexity index is 502. The molecule has 23 heavy (non-hydrogen) atoms. The number of amides is 2. The van der Waals surface area contributed by atoms with Gasteiger partial charge in [0.2, 0.25) is 5.91 Å². The predicted octanol–water partition coefficient (Wildman–Crippen LogP) is 1.69. The molecule has 1 aliphatic heterocycles. The van der Waals surface area contributed by atoms with Crippen LogP contribution in [0.15, 0.2) is 24.3 Å². The summed E-state index contributed by atoms with van der Waals surface area (Å²) in [4.78, 5) is 22.6. The zero-order valence-electron chi connectivity index (χ0n) is 13.0. The number of hydrogen-bond acceptors (Lipinski definition) is 4. The molecule has 0 unspecified atom stereocenters. The average molecular weight is 342 g/mol. The van der Waals surface area contributed by atoms with Crippen LogP contribution in [0, 0.1) is 5.92 Å². The Morgan fingerprint density at radius 2 is 1.87 bits per heavy atom. The quantitative estimate of drug-likeness (QED) is 0.703. The number of anilines is 1. The highest BCUT2D eigenvalue weighted by molar-refractivity contribution is 5.90. The van der Waals surface area contributed by atoms with Gasteiger partial charge in [-0.05, 0) is 62.5 Å². The largest absolute Gasteiger partial charge is 0.484 e. The maximum Gasteiger partial charge on any atom is 0.255 e. The third kappa shape index (κ3) is 7.34. The van der Waals surface area contributed by atoms with Gasteiger partial charge in [0.25, 0.3) is 5.91 Å². The van der Waals surface area contributed by atoms with Crippen molar-refractivity contribution in [2.24, 2.45) is 11.7 Å². The second kappa shape index (κ2) is 10.1. The number of carbonyl (C=O) groups is 2. The zero-order chi connectivity index (χ0) is 15.8. The number of piperidine rings is 1. The number of rotatable bonds is 7. The lowest BCUT2D eigenvalue weighted by Gasteiger charge is -2.22. The summed E-state index contributed by atoms with van der Waals surface area (Å²) in [5, 5.41) is 6.20. The van der Waals surface area contributed by atoms with Crippen molar-refractivity contribution in [3.8, 4) is 5.75 Å². The van der Waals surface area contributed by atoms with Gasteiger partial charge in [-0.3, -0.25) is 9.59 Å². The molecule has 1 heterocycles. The number of halogens is 1. The number of hydrogen-bond donors (Lipinski definition) is 3. The molecule has 128 valence electrons. The van der Waals surface area contributed by atoms with Crippen molar-refractivity contribution < 1.29 is 14.3 Å². The molecule has 0 radical (unpaired) electrons. The lowest BCUT2D eigenvalue weighted by molar-refractivity contribution is -0.120. The van der Waals surface area contributed by atoms with E-state index in [1.165, 1.54) is 0 Å². The van der Waals surface area contributed by atoms with E-state index >= 15 is 0 Å². The molecule has 0 aromatic heterocycles. The minimum Gasteiger partial charge on any atom is -0.484 e. The first-order valence-electron chi connectivity index (χ1n) is 7.65. The van der Waals surface area contributed by atoms with E-state index < -0.39 is 5.91 Å². The first-order valence-corrected chi connectivity index (χ1v) is 7.65. The molecule has 4 N–H and O–H groups in total. The minimum absolute atomic E-state index is 0. The van der Waals surface area contributed by atoms with Crippen LogP contribution in [0.3, 0.4) is 0 Å². The smallest absolute Gasteiger partial charge is 0.255 e. The maximum atomic E-state index is 11.9. The second-order valence-corrected chi connectivity index (χ2v) is 5.56. The van der Waals surface area contributed by atoms with Crippen LogP contribution < -0.4 is 21.1 Å². The summed E-state index contributed by atoms with van der Waals surface area (Å²) in [5.74, 6) is 0.711. The van der Waals surface area contributed by atoms with Crippen molar-refractivity contribution in [1.82, 2.24) is 5.32 Å². The van der Waals surface area contributed by atoms with Gasteiger partial charge in [-0.1, -0.05) is 0 Å². The van der Waals surface area contributed by atoms with E-state index in [0.29, 0.717) is 18.1 Å². The van der Waals surface area contributed by atoms with Crippen molar-refractivity contribution >= 4 is 29.9 Å². The minimum atomic E-state index is -0.518. The molecule has 0 saturated carbocycles. The van der Waals surface area contributed by atoms with Gasteiger partial charge >= 0.3 is 0 Å². The van der Waals surface area contributed by atoms with Crippen LogP contribution in [0.5, 0.6) is 5.75 Å². The highest BCUT2D eigenvalue weighted by atomic mass is 35.5. The van der Waals surface area contributed by atoms with E-state index in [1.807, 2.05) is 0 Å². The van der Waals surface area contributed by atoms with E-state index in [2.05, 4.69) is 10.6 Å². The van der Waals surface area contributed by atoms with E-state index in [9.17, 15) is 9.59 Å². The topological polar surface area (TPSA) is 93.5 Å². The normalized spacial score (nSPS) is 14.6. The van der Waals surface area contributed by atoms with Gasteiger partial charge < -0.3 is 21.1 Å². The number of primary amides is 1. The highest BCUT2D eigenvalue weighted by Gasteiger charge is 2.14. The molecule has 1 aromatic rings. The Morgan fingerprint density at radius 3 is 2.48 bits per heavy atom. The molecule has 1 aromatic carbocycles. The summed E-state index contributed by atoms with van der Waals surface area (Å²) >= 11 is 0. The predicted molar refractivity (Wildman–Crippen MR) is 91.8 cm³/mol. The van der Waals surface area contributed by atoms with Crippen LogP contribution >= 0.6 is 12.4 Å². The first kappa shape index (κ1) is 19.3. The molecule has 1 aliphatic rings. The summed E-state index contributed by atoms with van der Waals surface area (Å²) in [7, 11) is 0. The van der Waals surface area contributed by atoms with Gasteiger partial charge in [-0.2, -0.15) is 0 Å². The van der Waals surface area contributed by atoms with Crippen molar-refractivity contribution in [2.75, 3.05) is 25.0 Å². The highest BCUT2D eigenvalue weighted by Crippen LogP contribution is 2.19. The Kier molecular flexibility index (Phi) is 8.43. The number of benzene rings is 1. The van der Waals surface area contributed by atoms with Crippen molar-refractivity contribution in [3.05, 3.63) is 24.3 Å². The molecule has 0 aliphatic carbocycles. The molecule has 2 amide bonds. The number of carbonyl (C=O) groups excluding carboxylic acids is 2. The molecule has 0 atom stereocenters. The van der Waals surface area contributed by atoms with Crippen LogP contribution in [-0.2, 0) is 9.59 Å². The molecule has 0 spiro atoms. The van der Waals surface area contributed by atoms with Gasteiger partial charge in [0.05, 0.1) is 0 Å². The van der Waals surface area contributed by atoms with Crippen molar-refractivity contribution in [1.29, 1.82) is 0 Å². The van der Waals surface area contributed by atoms with Crippen LogP contribution in [0.25, 0.3) is 0 Å². The molecule has 1 saturated heterocycles. The van der Waals surface area contributed by atoms with Gasteiger partial charge in [0.1, 0.15) is 5.75 Å². The van der Waals surface area contributed by atoms with Crippen LogP contribution in [0.1, 0.15) is 25.7 Å². The fraction of sp³-hybridized carbons (Fsp3) is 0.500. The summed E-state index contributed by atoms with van der Waals surface area (Å²) in [6.45, 7) is 1.96. The standard InChI is InChI=1S/C16H23N3O3.ClH/c17-15(20)11-22-14-4-2-13(3-5-14)19-16(21)6-1-12-7-9-18-10-8-12;/h2-5,12,18H,1,6-11H2,(H2,17,20)(H,19,21);1H. The summed E-state index contributed by atoms with van der Waals surface area (Å²) < 4.78 is 5.16. The molecular weight excluding hydrogens is 318 g/mol. The summed E-state index contributed by atoms with van der Waals surface area (Å²) in [6, 6.07) is 6.90. The SMILES string of the molecule is Cl.NC(=O)COc1ccc(NC(=O)CCC2CCNCC2)cc1. The lowest BCUT2D eigenvalue weighted by Crippen LogP contribution is -2.28. The van der Waals surface area contributed by atoms with Gasteiger partial charge in [-0.15, -0.1) is 12.4 Å². The third-order valence-electron chi connectivity index (χ3n) is 3.76. The van der Waals surface area contributed by atoms with Crippen LogP contribution in [0.2, 0.25) is 0 Å². The van der Waals surface area contributed by atoms with E-state index in [4.69, 9.17) is 10.5 Å². The zero-order valence-corrected chi connectivity index (χ0v) is 13.9. The number of ether oxygens (including phenoxy) is 1. The van der Waals surface area contributed by atoms with Gasteiger partial charge in [-0.25, -0.2) is 0 Å². The lowest BCUT2D eigenvalue weighted by atomic mass is 9.93. The molecule has 0 bridgehead atoms. The Morgan fingerprint density at radius 1 is 1.22 bits per heavy atom. The Labute approximate surface area is 142 Å². The second-order valence-electron chi connectivity index (χ2n) is 5.56. The maximum absolute atomic E-state index is 11.9. The fourth-order valence-corrected chi connectivity index (χ4v) is 2.52. The van der Waals surface area contributed by atoms with Crippen LogP contribution in [-0.4, -0.2) is 31.5 Å². The Balaban J connectivity index is 0.00000264. The van der Waals surface area contributed by atoms with Crippen molar-refractivity contribution in [3.63, 3.8) is 0 Å². The molecular formula is C16H24ClN3O3. The van der Waals surface area contributed by atoms with Crippen LogP contribution in [0.4, 0.5) is 5.69 Å². The summed E-state index contributed by atoms with van der Waals surface area (Å²) in [5.41, 5.74) is 5.73. The molecule has 6 nitrogen and oxygen atoms in total. The van der Waals surface area contributed by atoms with Crippen molar-refractivity contribution in [2.45, 2.75) is 25.7 Å². The number of nitrogens with two attached hydrogens (primary N) is 1. The van der Waals surface area contributed by atoms with Gasteiger partial charge in [0.15, 0.2) is 6.61 Å². The molecule has 7 heteroatoms.